The molecule has 0 aromatic heterocycles. The summed E-state index contributed by atoms with van der Waals surface area (Å²) in [6, 6.07) is 0. The van der Waals surface area contributed by atoms with Gasteiger partial charge in [-0.15, -0.1) is 0 Å². The van der Waals surface area contributed by atoms with Gasteiger partial charge in [0.15, 0.2) is 0 Å². The van der Waals surface area contributed by atoms with Crippen molar-refractivity contribution in [3.05, 3.63) is 11.8 Å². The summed E-state index contributed by atoms with van der Waals surface area (Å²) < 4.78 is 0. The van der Waals surface area contributed by atoms with Gasteiger partial charge in [-0.1, -0.05) is 0 Å². The van der Waals surface area contributed by atoms with Crippen molar-refractivity contribution in [3.8, 4) is 0 Å². The number of nitrogens with two attached hydrogens (primary N) is 1. The third kappa shape index (κ3) is 2.54. The molecule has 0 atom stereocenters. The van der Waals surface area contributed by atoms with E-state index in [2.05, 4.69) is 10.2 Å². The van der Waals surface area contributed by atoms with E-state index in [9.17, 15) is 4.79 Å². The molecule has 1 fully saturated rings. The molecular formula is C8H15N3O. The second kappa shape index (κ2) is 4.11. The van der Waals surface area contributed by atoms with Crippen LogP contribution in [0.25, 0.3) is 0 Å². The minimum Gasteiger partial charge on any atom is -0.374 e. The SMILES string of the molecule is CC(=CN1CCNCC1)C(N)=O. The number of rotatable bonds is 2. The molecule has 1 aliphatic rings. The fraction of sp³-hybridized carbons (Fsp3) is 0.625. The number of piperazine rings is 1. The molecule has 0 radical (unpaired) electrons. The quantitative estimate of drug-likeness (QED) is 0.536. The van der Waals surface area contributed by atoms with Gasteiger partial charge >= 0.3 is 0 Å². The van der Waals surface area contributed by atoms with Gasteiger partial charge in [0.1, 0.15) is 0 Å². The summed E-state index contributed by atoms with van der Waals surface area (Å²) in [5, 5.41) is 3.23. The molecule has 0 aromatic rings. The lowest BCUT2D eigenvalue weighted by Gasteiger charge is -2.26. The Kier molecular flexibility index (Phi) is 3.10. The van der Waals surface area contributed by atoms with Crippen molar-refractivity contribution in [1.82, 2.24) is 10.2 Å². The first-order valence-electron chi connectivity index (χ1n) is 4.13. The first kappa shape index (κ1) is 9.06. The van der Waals surface area contributed by atoms with E-state index < -0.39 is 0 Å². The maximum Gasteiger partial charge on any atom is 0.245 e. The van der Waals surface area contributed by atoms with Crippen molar-refractivity contribution in [2.45, 2.75) is 6.92 Å². The molecule has 0 aromatic carbocycles. The van der Waals surface area contributed by atoms with Gasteiger partial charge in [-0.05, 0) is 6.92 Å². The van der Waals surface area contributed by atoms with Crippen molar-refractivity contribution in [3.63, 3.8) is 0 Å². The van der Waals surface area contributed by atoms with Crippen LogP contribution in [0, 0.1) is 0 Å². The van der Waals surface area contributed by atoms with Crippen molar-refractivity contribution in [2.24, 2.45) is 5.73 Å². The first-order chi connectivity index (χ1) is 5.70. The Morgan fingerprint density at radius 3 is 2.58 bits per heavy atom. The molecule has 4 nitrogen and oxygen atoms in total. The van der Waals surface area contributed by atoms with E-state index in [1.54, 1.807) is 6.92 Å². The van der Waals surface area contributed by atoms with Gasteiger partial charge in [-0.25, -0.2) is 0 Å². The lowest BCUT2D eigenvalue weighted by atomic mass is 10.3. The highest BCUT2D eigenvalue weighted by atomic mass is 16.1. The zero-order valence-corrected chi connectivity index (χ0v) is 7.34. The molecule has 1 aliphatic heterocycles. The summed E-state index contributed by atoms with van der Waals surface area (Å²) in [5.74, 6) is -0.339. The molecule has 1 heterocycles. The average Bonchev–Trinajstić information content (AvgIpc) is 2.06. The lowest BCUT2D eigenvalue weighted by molar-refractivity contribution is -0.114. The predicted molar refractivity (Wildman–Crippen MR) is 47.4 cm³/mol. The normalized spacial score (nSPS) is 19.4. The Morgan fingerprint density at radius 2 is 2.08 bits per heavy atom. The third-order valence-corrected chi connectivity index (χ3v) is 1.92. The molecule has 0 bridgehead atoms. The molecule has 4 heteroatoms. The first-order valence-corrected chi connectivity index (χ1v) is 4.13. The summed E-state index contributed by atoms with van der Waals surface area (Å²) in [5.41, 5.74) is 5.73. The maximum atomic E-state index is 10.7. The van der Waals surface area contributed by atoms with E-state index in [0.29, 0.717) is 5.57 Å². The van der Waals surface area contributed by atoms with Gasteiger partial charge in [-0.3, -0.25) is 4.79 Å². The van der Waals surface area contributed by atoms with Crippen molar-refractivity contribution in [1.29, 1.82) is 0 Å². The Hall–Kier alpha value is -1.03. The van der Waals surface area contributed by atoms with Gasteiger partial charge in [0.25, 0.3) is 0 Å². The van der Waals surface area contributed by atoms with Crippen LogP contribution < -0.4 is 11.1 Å². The van der Waals surface area contributed by atoms with Crippen LogP contribution in [0.15, 0.2) is 11.8 Å². The number of carbonyl (C=O) groups excluding carboxylic acids is 1. The highest BCUT2D eigenvalue weighted by molar-refractivity contribution is 5.91. The molecule has 0 spiro atoms. The molecule has 12 heavy (non-hydrogen) atoms. The Morgan fingerprint density at radius 1 is 1.50 bits per heavy atom. The van der Waals surface area contributed by atoms with E-state index >= 15 is 0 Å². The van der Waals surface area contributed by atoms with E-state index in [1.807, 2.05) is 6.20 Å². The Balaban J connectivity index is 2.47. The second-order valence-electron chi connectivity index (χ2n) is 2.96. The predicted octanol–water partition coefficient (Wildman–Crippen LogP) is -0.719. The van der Waals surface area contributed by atoms with Crippen LogP contribution in [0.4, 0.5) is 0 Å². The van der Waals surface area contributed by atoms with Crippen LogP contribution in [0.5, 0.6) is 0 Å². The molecule has 0 aliphatic carbocycles. The molecular weight excluding hydrogens is 154 g/mol. The van der Waals surface area contributed by atoms with Crippen LogP contribution in [-0.2, 0) is 4.79 Å². The zero-order chi connectivity index (χ0) is 8.97. The largest absolute Gasteiger partial charge is 0.374 e. The van der Waals surface area contributed by atoms with E-state index in [-0.39, 0.29) is 5.91 Å². The summed E-state index contributed by atoms with van der Waals surface area (Å²) in [4.78, 5) is 12.8. The van der Waals surface area contributed by atoms with Gasteiger partial charge in [0.05, 0.1) is 0 Å². The Labute approximate surface area is 72.4 Å². The minimum atomic E-state index is -0.339. The van der Waals surface area contributed by atoms with Crippen molar-refractivity contribution < 1.29 is 4.79 Å². The fourth-order valence-electron chi connectivity index (χ4n) is 1.15. The van der Waals surface area contributed by atoms with E-state index in [4.69, 9.17) is 5.73 Å². The third-order valence-electron chi connectivity index (χ3n) is 1.92. The molecule has 68 valence electrons. The molecule has 0 unspecified atom stereocenters. The summed E-state index contributed by atoms with van der Waals surface area (Å²) in [6.07, 6.45) is 1.84. The number of amides is 1. The van der Waals surface area contributed by atoms with Crippen LogP contribution in [-0.4, -0.2) is 37.0 Å². The van der Waals surface area contributed by atoms with Crippen LogP contribution in [0.1, 0.15) is 6.92 Å². The van der Waals surface area contributed by atoms with Gasteiger partial charge in [0, 0.05) is 38.0 Å². The summed E-state index contributed by atoms with van der Waals surface area (Å²) >= 11 is 0. The summed E-state index contributed by atoms with van der Waals surface area (Å²) in [6.45, 7) is 5.59. The van der Waals surface area contributed by atoms with Crippen LogP contribution >= 0.6 is 0 Å². The standard InChI is InChI=1S/C8H15N3O/c1-7(8(9)12)6-11-4-2-10-3-5-11/h6,10H,2-5H2,1H3,(H2,9,12). The van der Waals surface area contributed by atoms with Crippen LogP contribution in [0.2, 0.25) is 0 Å². The topological polar surface area (TPSA) is 58.4 Å². The number of carbonyl (C=O) groups is 1. The van der Waals surface area contributed by atoms with Gasteiger partial charge in [0.2, 0.25) is 5.91 Å². The van der Waals surface area contributed by atoms with E-state index in [1.165, 1.54) is 0 Å². The molecule has 1 rings (SSSR count). The fourth-order valence-corrected chi connectivity index (χ4v) is 1.15. The smallest absolute Gasteiger partial charge is 0.245 e. The number of hydrogen-bond acceptors (Lipinski definition) is 3. The highest BCUT2D eigenvalue weighted by Gasteiger charge is 2.06. The number of hydrogen-bond donors (Lipinski definition) is 2. The number of primary amides is 1. The van der Waals surface area contributed by atoms with Crippen LogP contribution in [0.3, 0.4) is 0 Å². The van der Waals surface area contributed by atoms with Crippen molar-refractivity contribution >= 4 is 5.91 Å². The number of nitrogens with zero attached hydrogens (tertiary/aromatic N) is 1. The number of nitrogens with one attached hydrogen (secondary N) is 1. The summed E-state index contributed by atoms with van der Waals surface area (Å²) in [7, 11) is 0. The maximum absolute atomic E-state index is 10.7. The van der Waals surface area contributed by atoms with Crippen molar-refractivity contribution in [2.75, 3.05) is 26.2 Å². The van der Waals surface area contributed by atoms with Gasteiger partial charge in [-0.2, -0.15) is 0 Å². The van der Waals surface area contributed by atoms with Gasteiger partial charge < -0.3 is 16.0 Å². The zero-order valence-electron chi connectivity index (χ0n) is 7.34. The lowest BCUT2D eigenvalue weighted by Crippen LogP contribution is -2.41. The monoisotopic (exact) mass is 169 g/mol. The molecule has 3 N–H and O–H groups in total. The van der Waals surface area contributed by atoms with E-state index in [0.717, 1.165) is 26.2 Å². The second-order valence-corrected chi connectivity index (χ2v) is 2.96. The highest BCUT2D eigenvalue weighted by Crippen LogP contribution is 1.98. The molecule has 1 saturated heterocycles. The average molecular weight is 169 g/mol. The Bertz CT molecular complexity index is 194. The minimum absolute atomic E-state index is 0.339. The molecule has 1 amide bonds. The molecule has 0 saturated carbocycles.